The third-order valence-electron chi connectivity index (χ3n) is 13.9. The highest BCUT2D eigenvalue weighted by Gasteiger charge is 2.37. The predicted molar refractivity (Wildman–Crippen MR) is 254 cm³/mol. The highest BCUT2D eigenvalue weighted by Crippen LogP contribution is 2.53. The van der Waals surface area contributed by atoms with E-state index in [1.165, 1.54) is 99.4 Å². The maximum absolute atomic E-state index is 5.48. The summed E-state index contributed by atoms with van der Waals surface area (Å²) >= 11 is 0. The number of para-hydroxylation sites is 1. The molecule has 1 aromatic heterocycles. The van der Waals surface area contributed by atoms with Crippen molar-refractivity contribution in [3.8, 4) is 66.9 Å². The molecule has 60 heavy (non-hydrogen) atoms. The van der Waals surface area contributed by atoms with E-state index in [0.29, 0.717) is 0 Å². The van der Waals surface area contributed by atoms with Gasteiger partial charge in [-0.05, 0) is 130 Å². The van der Waals surface area contributed by atoms with Crippen LogP contribution in [0, 0.1) is 0 Å². The average molecular weight is 766 g/mol. The van der Waals surface area contributed by atoms with Gasteiger partial charge in [-0.2, -0.15) is 0 Å². The number of nitrogens with zero attached hydrogens (tertiary/aromatic N) is 1. The molecule has 1 nitrogen and oxygen atoms in total. The minimum absolute atomic E-state index is 0.0646. The van der Waals surface area contributed by atoms with Gasteiger partial charge in [0.25, 0.3) is 0 Å². The molecule has 0 bridgehead atoms. The molecule has 12 rings (SSSR count). The number of rotatable bonds is 4. The van der Waals surface area contributed by atoms with Gasteiger partial charge in [0, 0.05) is 21.8 Å². The topological polar surface area (TPSA) is 12.9 Å². The van der Waals surface area contributed by atoms with Crippen molar-refractivity contribution in [3.63, 3.8) is 0 Å². The smallest absolute Gasteiger partial charge is 0.0728 e. The van der Waals surface area contributed by atoms with Crippen LogP contribution in [0.3, 0.4) is 0 Å². The van der Waals surface area contributed by atoms with E-state index < -0.39 is 0 Å². The Balaban J connectivity index is 1.16. The zero-order valence-electron chi connectivity index (χ0n) is 34.3. The second-order valence-corrected chi connectivity index (χ2v) is 17.9. The van der Waals surface area contributed by atoms with E-state index in [4.69, 9.17) is 4.98 Å². The molecule has 1 heteroatoms. The molecule has 1 heterocycles. The summed E-state index contributed by atoms with van der Waals surface area (Å²) in [5.74, 6) is 0. The van der Waals surface area contributed by atoms with Crippen molar-refractivity contribution in [3.05, 3.63) is 210 Å². The summed E-state index contributed by atoms with van der Waals surface area (Å²) in [6, 6.07) is 70.0. The average Bonchev–Trinajstić information content (AvgIpc) is 3.66. The molecule has 10 aromatic rings. The van der Waals surface area contributed by atoms with Crippen molar-refractivity contribution >= 4 is 32.4 Å². The molecule has 0 saturated carbocycles. The molecule has 0 atom stereocenters. The van der Waals surface area contributed by atoms with Gasteiger partial charge in [0.15, 0.2) is 0 Å². The number of pyridine rings is 1. The number of aromatic nitrogens is 1. The van der Waals surface area contributed by atoms with Crippen LogP contribution < -0.4 is 0 Å². The van der Waals surface area contributed by atoms with E-state index in [9.17, 15) is 0 Å². The molecular weight excluding hydrogens is 723 g/mol. The molecule has 0 fully saturated rings. The fourth-order valence-corrected chi connectivity index (χ4v) is 10.9. The zero-order chi connectivity index (χ0) is 40.3. The number of benzene rings is 9. The first kappa shape index (κ1) is 34.9. The van der Waals surface area contributed by atoms with Gasteiger partial charge in [0.05, 0.1) is 11.2 Å². The maximum Gasteiger partial charge on any atom is 0.0728 e. The standard InChI is InChI=1S/C59H43N/c1-58(2)51-24-14-11-19-41(51)48-33-39(28-31-52(48)58)56-44-21-8-9-22-45(44)57(55-35-47(36-16-6-5-7-17-36)43-20-12-15-25-54(43)60-55)46-30-27-37(32-49(46)56)38-26-29-42-40-18-10-13-23-50(40)59(3,4)53(42)34-38/h5-35H,1-4H3. The summed E-state index contributed by atoms with van der Waals surface area (Å²) in [7, 11) is 0. The third-order valence-corrected chi connectivity index (χ3v) is 13.9. The van der Waals surface area contributed by atoms with E-state index >= 15 is 0 Å². The van der Waals surface area contributed by atoms with Crippen LogP contribution in [0.5, 0.6) is 0 Å². The van der Waals surface area contributed by atoms with Gasteiger partial charge >= 0.3 is 0 Å². The van der Waals surface area contributed by atoms with Crippen LogP contribution in [0.4, 0.5) is 0 Å². The van der Waals surface area contributed by atoms with Gasteiger partial charge < -0.3 is 0 Å². The molecule has 284 valence electrons. The van der Waals surface area contributed by atoms with Gasteiger partial charge in [0.1, 0.15) is 0 Å². The van der Waals surface area contributed by atoms with Gasteiger partial charge in [-0.1, -0.05) is 185 Å². The van der Waals surface area contributed by atoms with Crippen molar-refractivity contribution in [2.24, 2.45) is 0 Å². The lowest BCUT2D eigenvalue weighted by Gasteiger charge is -2.23. The molecule has 9 aromatic carbocycles. The van der Waals surface area contributed by atoms with Crippen LogP contribution in [0.2, 0.25) is 0 Å². The molecule has 0 spiro atoms. The summed E-state index contributed by atoms with van der Waals surface area (Å²) in [6.45, 7) is 9.46. The molecule has 0 radical (unpaired) electrons. The van der Waals surface area contributed by atoms with Gasteiger partial charge in [-0.3, -0.25) is 0 Å². The van der Waals surface area contributed by atoms with Crippen LogP contribution in [0.25, 0.3) is 99.3 Å². The quantitative estimate of drug-likeness (QED) is 0.163. The van der Waals surface area contributed by atoms with Crippen LogP contribution in [-0.4, -0.2) is 4.98 Å². The zero-order valence-corrected chi connectivity index (χ0v) is 34.3. The Morgan fingerprint density at radius 2 is 0.833 bits per heavy atom. The lowest BCUT2D eigenvalue weighted by molar-refractivity contribution is 0.660. The molecule has 0 saturated heterocycles. The second-order valence-electron chi connectivity index (χ2n) is 17.9. The van der Waals surface area contributed by atoms with Gasteiger partial charge in [-0.25, -0.2) is 4.98 Å². The highest BCUT2D eigenvalue weighted by molar-refractivity contribution is 6.22. The van der Waals surface area contributed by atoms with Crippen molar-refractivity contribution in [2.75, 3.05) is 0 Å². The second kappa shape index (κ2) is 12.7. The van der Waals surface area contributed by atoms with Crippen molar-refractivity contribution in [1.82, 2.24) is 4.98 Å². The summed E-state index contributed by atoms with van der Waals surface area (Å²) in [5.41, 5.74) is 21.2. The lowest BCUT2D eigenvalue weighted by atomic mass is 9.81. The van der Waals surface area contributed by atoms with Gasteiger partial charge in [0.2, 0.25) is 0 Å². The Morgan fingerprint density at radius 1 is 0.300 bits per heavy atom. The minimum Gasteiger partial charge on any atom is -0.248 e. The predicted octanol–water partition coefficient (Wildman–Crippen LogP) is 15.8. The number of fused-ring (bicyclic) bond motifs is 9. The van der Waals surface area contributed by atoms with Crippen molar-refractivity contribution in [2.45, 2.75) is 38.5 Å². The first-order chi connectivity index (χ1) is 29.3. The Morgan fingerprint density at radius 3 is 1.60 bits per heavy atom. The normalized spacial score (nSPS) is 14.3. The molecule has 0 N–H and O–H groups in total. The Hall–Kier alpha value is -7.09. The van der Waals surface area contributed by atoms with Crippen LogP contribution in [-0.2, 0) is 10.8 Å². The minimum atomic E-state index is -0.0833. The highest BCUT2D eigenvalue weighted by atomic mass is 14.7. The first-order valence-corrected chi connectivity index (χ1v) is 21.2. The van der Waals surface area contributed by atoms with E-state index in [-0.39, 0.29) is 10.8 Å². The molecular formula is C59H43N. The SMILES string of the molecule is CC1(C)c2ccccc2-c2cc(-c3c4ccccc4c(-c4cc(-c5ccccc5)c5ccccc5n4)c4ccc(-c5ccc6c(c5)C(C)(C)c5ccccc5-6)cc34)ccc21. The van der Waals surface area contributed by atoms with Crippen molar-refractivity contribution < 1.29 is 0 Å². The van der Waals surface area contributed by atoms with Crippen molar-refractivity contribution in [1.29, 1.82) is 0 Å². The monoisotopic (exact) mass is 765 g/mol. The van der Waals surface area contributed by atoms with E-state index in [1.54, 1.807) is 0 Å². The van der Waals surface area contributed by atoms with E-state index in [2.05, 4.69) is 216 Å². The van der Waals surface area contributed by atoms with Crippen LogP contribution in [0.15, 0.2) is 188 Å². The molecule has 2 aliphatic rings. The summed E-state index contributed by atoms with van der Waals surface area (Å²) in [4.78, 5) is 5.48. The molecule has 0 unspecified atom stereocenters. The number of hydrogen-bond donors (Lipinski definition) is 0. The van der Waals surface area contributed by atoms with Gasteiger partial charge in [-0.15, -0.1) is 0 Å². The molecule has 0 aliphatic heterocycles. The fourth-order valence-electron chi connectivity index (χ4n) is 10.9. The van der Waals surface area contributed by atoms with E-state index in [0.717, 1.165) is 22.2 Å². The Kier molecular flexibility index (Phi) is 7.39. The summed E-state index contributed by atoms with van der Waals surface area (Å²) in [6.07, 6.45) is 0. The Bertz CT molecular complexity index is 3420. The number of hydrogen-bond acceptors (Lipinski definition) is 1. The molecule has 0 amide bonds. The fraction of sp³-hybridized carbons (Fsp3) is 0.102. The third kappa shape index (κ3) is 4.96. The summed E-state index contributed by atoms with van der Waals surface area (Å²) in [5, 5.41) is 6.01. The molecule has 2 aliphatic carbocycles. The largest absolute Gasteiger partial charge is 0.248 e. The van der Waals surface area contributed by atoms with Crippen LogP contribution in [0.1, 0.15) is 49.9 Å². The maximum atomic E-state index is 5.48. The lowest BCUT2D eigenvalue weighted by Crippen LogP contribution is -2.14. The Labute approximate surface area is 351 Å². The van der Waals surface area contributed by atoms with E-state index in [1.807, 2.05) is 0 Å². The summed E-state index contributed by atoms with van der Waals surface area (Å²) < 4.78 is 0. The first-order valence-electron chi connectivity index (χ1n) is 21.2. The van der Waals surface area contributed by atoms with Crippen LogP contribution >= 0.6 is 0 Å².